The highest BCUT2D eigenvalue weighted by Gasteiger charge is 2.34. The zero-order chi connectivity index (χ0) is 21.3. The standard InChI is InChI=1S/C22H27ClO5S/c1-3-27-22(24)21(29(25,26)20-14-8-17(2)9-15-20)7-5-4-6-16-28-19-12-10-18(23)11-13-19/h8-15,21H,3-7,16H2,1-2H3. The third-order valence-corrected chi connectivity index (χ3v) is 6.83. The molecule has 0 heterocycles. The van der Waals surface area contributed by atoms with Crippen molar-refractivity contribution in [3.05, 3.63) is 59.1 Å². The zero-order valence-corrected chi connectivity index (χ0v) is 18.3. The summed E-state index contributed by atoms with van der Waals surface area (Å²) in [6.45, 7) is 4.21. The van der Waals surface area contributed by atoms with Crippen LogP contribution in [0.4, 0.5) is 0 Å². The summed E-state index contributed by atoms with van der Waals surface area (Å²) in [5, 5.41) is -0.542. The Bertz CT molecular complexity index is 876. The Hall–Kier alpha value is -2.05. The summed E-state index contributed by atoms with van der Waals surface area (Å²) in [5.41, 5.74) is 0.956. The van der Waals surface area contributed by atoms with E-state index in [0.29, 0.717) is 18.1 Å². The zero-order valence-electron chi connectivity index (χ0n) is 16.8. The fourth-order valence-corrected chi connectivity index (χ4v) is 4.62. The van der Waals surface area contributed by atoms with E-state index in [9.17, 15) is 13.2 Å². The van der Waals surface area contributed by atoms with Crippen LogP contribution in [0, 0.1) is 6.92 Å². The maximum atomic E-state index is 13.0. The summed E-state index contributed by atoms with van der Waals surface area (Å²) in [6.07, 6.45) is 2.30. The van der Waals surface area contributed by atoms with Crippen molar-refractivity contribution >= 4 is 27.4 Å². The number of unbranched alkanes of at least 4 members (excludes halogenated alkanes) is 2. The molecular weight excluding hydrogens is 412 g/mol. The second kappa shape index (κ2) is 11.2. The first-order chi connectivity index (χ1) is 13.8. The minimum atomic E-state index is -3.80. The number of ether oxygens (including phenoxy) is 2. The van der Waals surface area contributed by atoms with Crippen LogP contribution >= 0.6 is 11.6 Å². The summed E-state index contributed by atoms with van der Waals surface area (Å²) in [6, 6.07) is 13.6. The number of esters is 1. The van der Waals surface area contributed by atoms with Gasteiger partial charge in [-0.05, 0) is 63.1 Å². The summed E-state index contributed by atoms with van der Waals surface area (Å²) in [7, 11) is -3.80. The number of benzene rings is 2. The van der Waals surface area contributed by atoms with Gasteiger partial charge in [0.1, 0.15) is 5.75 Å². The molecule has 29 heavy (non-hydrogen) atoms. The maximum Gasteiger partial charge on any atom is 0.324 e. The molecule has 0 N–H and O–H groups in total. The minimum absolute atomic E-state index is 0.146. The molecule has 0 aromatic heterocycles. The van der Waals surface area contributed by atoms with E-state index in [1.807, 2.05) is 6.92 Å². The van der Waals surface area contributed by atoms with Gasteiger partial charge in [0.25, 0.3) is 0 Å². The van der Waals surface area contributed by atoms with Crippen molar-refractivity contribution in [3.63, 3.8) is 0 Å². The van der Waals surface area contributed by atoms with Crippen molar-refractivity contribution in [1.29, 1.82) is 0 Å². The maximum absolute atomic E-state index is 13.0. The van der Waals surface area contributed by atoms with Crippen molar-refractivity contribution in [3.8, 4) is 5.75 Å². The molecule has 1 unspecified atom stereocenters. The van der Waals surface area contributed by atoms with E-state index >= 15 is 0 Å². The Kier molecular flexibility index (Phi) is 8.99. The molecule has 0 radical (unpaired) electrons. The average molecular weight is 439 g/mol. The van der Waals surface area contributed by atoms with Crippen LogP contribution in [-0.4, -0.2) is 32.9 Å². The molecule has 0 saturated carbocycles. The Morgan fingerprint density at radius 1 is 1.00 bits per heavy atom. The Labute approximate surface area is 177 Å². The molecule has 7 heteroatoms. The quantitative estimate of drug-likeness (QED) is 0.365. The molecule has 0 bridgehead atoms. The van der Waals surface area contributed by atoms with Crippen molar-refractivity contribution in [2.45, 2.75) is 49.7 Å². The van der Waals surface area contributed by atoms with Crippen LogP contribution in [0.25, 0.3) is 0 Å². The SMILES string of the molecule is CCOC(=O)C(CCCCCOc1ccc(Cl)cc1)S(=O)(=O)c1ccc(C)cc1. The Morgan fingerprint density at radius 2 is 1.66 bits per heavy atom. The lowest BCUT2D eigenvalue weighted by atomic mass is 10.1. The first-order valence-corrected chi connectivity index (χ1v) is 11.6. The van der Waals surface area contributed by atoms with Crippen molar-refractivity contribution in [1.82, 2.24) is 0 Å². The fraction of sp³-hybridized carbons (Fsp3) is 0.409. The van der Waals surface area contributed by atoms with E-state index in [1.165, 1.54) is 12.1 Å². The van der Waals surface area contributed by atoms with Crippen LogP contribution in [0.15, 0.2) is 53.4 Å². The third kappa shape index (κ3) is 7.05. The van der Waals surface area contributed by atoms with E-state index in [0.717, 1.165) is 24.2 Å². The van der Waals surface area contributed by atoms with Crippen molar-refractivity contribution < 1.29 is 22.7 Å². The Balaban J connectivity index is 1.90. The van der Waals surface area contributed by atoms with E-state index in [2.05, 4.69) is 0 Å². The van der Waals surface area contributed by atoms with E-state index in [1.54, 1.807) is 43.3 Å². The van der Waals surface area contributed by atoms with Crippen molar-refractivity contribution in [2.75, 3.05) is 13.2 Å². The van der Waals surface area contributed by atoms with Gasteiger partial charge in [0, 0.05) is 5.02 Å². The molecule has 1 atom stereocenters. The van der Waals surface area contributed by atoms with Gasteiger partial charge in [0.15, 0.2) is 15.1 Å². The number of sulfone groups is 1. The molecule has 0 amide bonds. The van der Waals surface area contributed by atoms with E-state index < -0.39 is 21.1 Å². The molecule has 0 aliphatic carbocycles. The van der Waals surface area contributed by atoms with Crippen LogP contribution in [0.2, 0.25) is 5.02 Å². The predicted octanol–water partition coefficient (Wildman–Crippen LogP) is 4.99. The molecule has 2 aromatic carbocycles. The lowest BCUT2D eigenvalue weighted by Gasteiger charge is -2.16. The van der Waals surface area contributed by atoms with E-state index in [-0.39, 0.29) is 17.9 Å². The van der Waals surface area contributed by atoms with Gasteiger partial charge in [0.05, 0.1) is 18.1 Å². The van der Waals surface area contributed by atoms with Gasteiger partial charge in [-0.25, -0.2) is 8.42 Å². The highest BCUT2D eigenvalue weighted by atomic mass is 35.5. The number of carbonyl (C=O) groups is 1. The summed E-state index contributed by atoms with van der Waals surface area (Å²) < 4.78 is 36.6. The number of hydrogen-bond acceptors (Lipinski definition) is 5. The first kappa shape index (κ1) is 23.2. The molecule has 2 rings (SSSR count). The van der Waals surface area contributed by atoms with Gasteiger partial charge in [-0.2, -0.15) is 0 Å². The van der Waals surface area contributed by atoms with Gasteiger partial charge in [0.2, 0.25) is 0 Å². The van der Waals surface area contributed by atoms with Crippen molar-refractivity contribution in [2.24, 2.45) is 0 Å². The smallest absolute Gasteiger partial charge is 0.324 e. The predicted molar refractivity (Wildman–Crippen MR) is 114 cm³/mol. The highest BCUT2D eigenvalue weighted by molar-refractivity contribution is 7.92. The fourth-order valence-electron chi connectivity index (χ4n) is 2.86. The van der Waals surface area contributed by atoms with Crippen LogP contribution < -0.4 is 4.74 Å². The number of carbonyl (C=O) groups excluding carboxylic acids is 1. The Morgan fingerprint density at radius 3 is 2.28 bits per heavy atom. The highest BCUT2D eigenvalue weighted by Crippen LogP contribution is 2.23. The molecule has 5 nitrogen and oxygen atoms in total. The molecule has 0 saturated heterocycles. The molecule has 158 valence electrons. The molecule has 2 aromatic rings. The summed E-state index contributed by atoms with van der Waals surface area (Å²) >= 11 is 5.84. The van der Waals surface area contributed by atoms with Gasteiger partial charge in [-0.1, -0.05) is 42.1 Å². The lowest BCUT2D eigenvalue weighted by molar-refractivity contribution is -0.142. The van der Waals surface area contributed by atoms with Gasteiger partial charge in [-0.15, -0.1) is 0 Å². The van der Waals surface area contributed by atoms with E-state index in [4.69, 9.17) is 21.1 Å². The normalized spacial score (nSPS) is 12.4. The molecule has 0 spiro atoms. The molecule has 0 fully saturated rings. The van der Waals surface area contributed by atoms with Crippen LogP contribution in [0.5, 0.6) is 5.75 Å². The third-order valence-electron chi connectivity index (χ3n) is 4.47. The first-order valence-electron chi connectivity index (χ1n) is 9.70. The largest absolute Gasteiger partial charge is 0.494 e. The van der Waals surface area contributed by atoms with Gasteiger partial charge >= 0.3 is 5.97 Å². The second-order valence-electron chi connectivity index (χ2n) is 6.75. The summed E-state index contributed by atoms with van der Waals surface area (Å²) in [4.78, 5) is 12.5. The average Bonchev–Trinajstić information content (AvgIpc) is 2.69. The lowest BCUT2D eigenvalue weighted by Crippen LogP contribution is -2.32. The number of aryl methyl sites for hydroxylation is 1. The topological polar surface area (TPSA) is 69.7 Å². The molecule has 0 aliphatic rings. The number of rotatable bonds is 11. The van der Waals surface area contributed by atoms with Crippen LogP contribution in [0.1, 0.15) is 38.2 Å². The number of hydrogen-bond donors (Lipinski definition) is 0. The van der Waals surface area contributed by atoms with Gasteiger partial charge in [-0.3, -0.25) is 4.79 Å². The number of halogens is 1. The summed E-state index contributed by atoms with van der Waals surface area (Å²) in [5.74, 6) is 0.0474. The van der Waals surface area contributed by atoms with Crippen LogP contribution in [-0.2, 0) is 19.4 Å². The molecular formula is C22H27ClO5S. The minimum Gasteiger partial charge on any atom is -0.494 e. The van der Waals surface area contributed by atoms with Gasteiger partial charge < -0.3 is 9.47 Å². The monoisotopic (exact) mass is 438 g/mol. The molecule has 0 aliphatic heterocycles. The van der Waals surface area contributed by atoms with Crippen LogP contribution in [0.3, 0.4) is 0 Å². The second-order valence-corrected chi connectivity index (χ2v) is 9.32.